The van der Waals surface area contributed by atoms with E-state index in [1.165, 1.54) is 0 Å². The second-order valence-electron chi connectivity index (χ2n) is 6.94. The summed E-state index contributed by atoms with van der Waals surface area (Å²) >= 11 is 0. The molecule has 3 aromatic carbocycles. The quantitative estimate of drug-likeness (QED) is 0.473. The van der Waals surface area contributed by atoms with Gasteiger partial charge >= 0.3 is 0 Å². The Balaban J connectivity index is 1.83. The Hall–Kier alpha value is -3.20. The second kappa shape index (κ2) is 5.40. The van der Waals surface area contributed by atoms with Crippen LogP contribution in [0.5, 0.6) is 0 Å². The van der Waals surface area contributed by atoms with E-state index in [-0.39, 0.29) is 5.91 Å². The average Bonchev–Trinajstić information content (AvgIpc) is 2.93. The number of anilines is 1. The Labute approximate surface area is 151 Å². The van der Waals surface area contributed by atoms with Crippen LogP contribution in [0.3, 0.4) is 0 Å². The van der Waals surface area contributed by atoms with Gasteiger partial charge in [-0.05, 0) is 42.7 Å². The number of hydrogen-bond donors (Lipinski definition) is 0. The highest BCUT2D eigenvalue weighted by molar-refractivity contribution is 6.30. The molecule has 3 nitrogen and oxygen atoms in total. The van der Waals surface area contributed by atoms with Gasteiger partial charge in [-0.3, -0.25) is 4.79 Å². The molecule has 0 saturated carbocycles. The number of benzene rings is 3. The maximum atomic E-state index is 13.4. The molecule has 3 heteroatoms. The Kier molecular flexibility index (Phi) is 3.13. The number of aromatic nitrogens is 1. The van der Waals surface area contributed by atoms with Crippen molar-refractivity contribution in [3.63, 3.8) is 0 Å². The van der Waals surface area contributed by atoms with Crippen LogP contribution in [0, 0.1) is 13.8 Å². The number of aryl methyl sites for hydroxylation is 2. The molecule has 1 aliphatic heterocycles. The highest BCUT2D eigenvalue weighted by Crippen LogP contribution is 2.43. The second-order valence-corrected chi connectivity index (χ2v) is 6.94. The molecule has 0 saturated heterocycles. The van der Waals surface area contributed by atoms with E-state index < -0.39 is 0 Å². The fourth-order valence-corrected chi connectivity index (χ4v) is 3.91. The van der Waals surface area contributed by atoms with Gasteiger partial charge in [-0.25, -0.2) is 4.98 Å². The summed E-state index contributed by atoms with van der Waals surface area (Å²) in [6.07, 6.45) is 0. The van der Waals surface area contributed by atoms with Crippen LogP contribution in [0.1, 0.15) is 27.0 Å². The summed E-state index contributed by atoms with van der Waals surface area (Å²) in [6, 6.07) is 20.2. The van der Waals surface area contributed by atoms with E-state index in [4.69, 9.17) is 4.98 Å². The van der Waals surface area contributed by atoms with Crippen molar-refractivity contribution < 1.29 is 4.79 Å². The third-order valence-corrected chi connectivity index (χ3v) is 5.38. The molecule has 0 spiro atoms. The van der Waals surface area contributed by atoms with Crippen LogP contribution in [-0.4, -0.2) is 10.9 Å². The normalized spacial score (nSPS) is 13.2. The zero-order valence-electron chi connectivity index (χ0n) is 14.8. The average molecular weight is 338 g/mol. The Morgan fingerprint density at radius 3 is 2.50 bits per heavy atom. The first-order valence-electron chi connectivity index (χ1n) is 8.83. The number of hydrogen-bond acceptors (Lipinski definition) is 2. The molecule has 0 aliphatic carbocycles. The van der Waals surface area contributed by atoms with Crippen LogP contribution in [-0.2, 0) is 6.54 Å². The minimum absolute atomic E-state index is 0.0671. The lowest BCUT2D eigenvalue weighted by molar-refractivity contribution is 0.0993. The minimum atomic E-state index is 0.0671. The molecule has 126 valence electrons. The van der Waals surface area contributed by atoms with Crippen LogP contribution < -0.4 is 4.90 Å². The number of nitrogens with zero attached hydrogens (tertiary/aromatic N) is 2. The molecule has 0 radical (unpaired) electrons. The Morgan fingerprint density at radius 1 is 0.962 bits per heavy atom. The van der Waals surface area contributed by atoms with Gasteiger partial charge in [0, 0.05) is 10.8 Å². The van der Waals surface area contributed by atoms with E-state index in [0.717, 1.165) is 49.7 Å². The molecule has 2 heterocycles. The zero-order chi connectivity index (χ0) is 17.8. The van der Waals surface area contributed by atoms with Crippen LogP contribution in [0.4, 0.5) is 5.69 Å². The SMILES string of the molecule is Cc1cc2c3c(c4ccccc4nc3c1C)C(=O)N2Cc1ccccc1. The maximum Gasteiger partial charge on any atom is 0.260 e. The fraction of sp³-hybridized carbons (Fsp3) is 0.130. The van der Waals surface area contributed by atoms with Crippen molar-refractivity contribution in [2.45, 2.75) is 20.4 Å². The summed E-state index contributed by atoms with van der Waals surface area (Å²) < 4.78 is 0. The van der Waals surface area contributed by atoms with Crippen molar-refractivity contribution in [1.82, 2.24) is 4.98 Å². The summed E-state index contributed by atoms with van der Waals surface area (Å²) in [6.45, 7) is 4.75. The number of carbonyl (C=O) groups is 1. The van der Waals surface area contributed by atoms with Gasteiger partial charge in [0.2, 0.25) is 0 Å². The van der Waals surface area contributed by atoms with E-state index in [2.05, 4.69) is 32.0 Å². The van der Waals surface area contributed by atoms with Crippen molar-refractivity contribution in [2.75, 3.05) is 4.90 Å². The summed E-state index contributed by atoms with van der Waals surface area (Å²) in [5.74, 6) is 0.0671. The van der Waals surface area contributed by atoms with Crippen LogP contribution in [0.25, 0.3) is 21.8 Å². The zero-order valence-corrected chi connectivity index (χ0v) is 14.8. The standard InChI is InChI=1S/C23H18N2O/c1-14-12-19-21-20(23(26)25(19)13-16-8-4-3-5-9-16)17-10-6-7-11-18(17)24-22(21)15(14)2/h3-12H,13H2,1-2H3. The van der Waals surface area contributed by atoms with Crippen LogP contribution in [0.2, 0.25) is 0 Å². The smallest absolute Gasteiger partial charge is 0.260 e. The van der Waals surface area contributed by atoms with Crippen molar-refractivity contribution in [3.8, 4) is 0 Å². The molecule has 0 atom stereocenters. The lowest BCUT2D eigenvalue weighted by Crippen LogP contribution is -2.26. The first-order valence-corrected chi connectivity index (χ1v) is 8.83. The van der Waals surface area contributed by atoms with Gasteiger partial charge < -0.3 is 4.90 Å². The minimum Gasteiger partial charge on any atom is -0.303 e. The van der Waals surface area contributed by atoms with Crippen molar-refractivity contribution in [2.24, 2.45) is 0 Å². The van der Waals surface area contributed by atoms with Gasteiger partial charge in [-0.2, -0.15) is 0 Å². The number of para-hydroxylation sites is 1. The van der Waals surface area contributed by atoms with Gasteiger partial charge in [0.05, 0.1) is 28.8 Å². The molecule has 0 bridgehead atoms. The molecule has 5 rings (SSSR count). The number of pyridine rings is 1. The lowest BCUT2D eigenvalue weighted by Gasteiger charge is -2.18. The van der Waals surface area contributed by atoms with Gasteiger partial charge in [0.1, 0.15) is 0 Å². The molecule has 1 amide bonds. The first-order chi connectivity index (χ1) is 12.6. The van der Waals surface area contributed by atoms with Crippen molar-refractivity contribution >= 4 is 33.4 Å². The molecule has 4 aromatic rings. The molecule has 1 aliphatic rings. The highest BCUT2D eigenvalue weighted by Gasteiger charge is 2.33. The molecule has 0 N–H and O–H groups in total. The molecule has 0 fully saturated rings. The number of fused-ring (bicyclic) bond motifs is 2. The van der Waals surface area contributed by atoms with E-state index in [1.807, 2.05) is 47.4 Å². The van der Waals surface area contributed by atoms with Gasteiger partial charge in [-0.15, -0.1) is 0 Å². The van der Waals surface area contributed by atoms with Crippen LogP contribution in [0.15, 0.2) is 60.7 Å². The maximum absolute atomic E-state index is 13.4. The Morgan fingerprint density at radius 2 is 1.69 bits per heavy atom. The predicted molar refractivity (Wildman–Crippen MR) is 106 cm³/mol. The highest BCUT2D eigenvalue weighted by atomic mass is 16.2. The molecular weight excluding hydrogens is 320 g/mol. The van der Waals surface area contributed by atoms with Crippen molar-refractivity contribution in [1.29, 1.82) is 0 Å². The third-order valence-electron chi connectivity index (χ3n) is 5.38. The first kappa shape index (κ1) is 15.1. The number of rotatable bonds is 2. The third kappa shape index (κ3) is 2.00. The molecule has 1 aromatic heterocycles. The van der Waals surface area contributed by atoms with Gasteiger partial charge in [0.25, 0.3) is 5.91 Å². The van der Waals surface area contributed by atoms with E-state index in [1.54, 1.807) is 0 Å². The summed E-state index contributed by atoms with van der Waals surface area (Å²) in [5, 5.41) is 1.93. The monoisotopic (exact) mass is 338 g/mol. The lowest BCUT2D eigenvalue weighted by atomic mass is 9.99. The van der Waals surface area contributed by atoms with Crippen molar-refractivity contribution in [3.05, 3.63) is 82.9 Å². The summed E-state index contributed by atoms with van der Waals surface area (Å²) in [7, 11) is 0. The summed E-state index contributed by atoms with van der Waals surface area (Å²) in [5.41, 5.74) is 7.02. The number of carbonyl (C=O) groups excluding carboxylic acids is 1. The van der Waals surface area contributed by atoms with E-state index in [9.17, 15) is 4.79 Å². The van der Waals surface area contributed by atoms with Gasteiger partial charge in [0.15, 0.2) is 0 Å². The molecule has 0 unspecified atom stereocenters. The topological polar surface area (TPSA) is 33.2 Å². The van der Waals surface area contributed by atoms with Crippen LogP contribution >= 0.6 is 0 Å². The molecular formula is C23H18N2O. The summed E-state index contributed by atoms with van der Waals surface area (Å²) in [4.78, 5) is 20.2. The largest absolute Gasteiger partial charge is 0.303 e. The van der Waals surface area contributed by atoms with E-state index in [0.29, 0.717) is 6.54 Å². The van der Waals surface area contributed by atoms with Gasteiger partial charge in [-0.1, -0.05) is 48.5 Å². The van der Waals surface area contributed by atoms with E-state index >= 15 is 0 Å². The molecule has 26 heavy (non-hydrogen) atoms. The predicted octanol–water partition coefficient (Wildman–Crippen LogP) is 5.17. The fourth-order valence-electron chi connectivity index (χ4n) is 3.91. The Bertz CT molecular complexity index is 1200. The number of amides is 1.